The van der Waals surface area contributed by atoms with Gasteiger partial charge in [-0.15, -0.1) is 0 Å². The fraction of sp³-hybridized carbons (Fsp3) is 0.458. The van der Waals surface area contributed by atoms with Crippen LogP contribution in [0.2, 0.25) is 0 Å². The van der Waals surface area contributed by atoms with Gasteiger partial charge in [-0.05, 0) is 43.2 Å². The summed E-state index contributed by atoms with van der Waals surface area (Å²) in [5, 5.41) is 6.24. The van der Waals surface area contributed by atoms with Gasteiger partial charge in [0.25, 0.3) is 0 Å². The van der Waals surface area contributed by atoms with Crippen molar-refractivity contribution in [2.45, 2.75) is 63.2 Å². The maximum absolute atomic E-state index is 12.4. The standard InChI is InChI=1S/C24H31N3O/c28-24(25-18-20-10-5-2-6-11-20)26-21-16-22-12-7-13-23(17-21)27(22)15-14-19-8-3-1-4-9-19/h1-6,8-11,21-23H,7,12-18H2,(H2,25,26,28)/t21?,22-,23+. The highest BCUT2D eigenvalue weighted by atomic mass is 16.2. The molecule has 4 rings (SSSR count). The molecule has 2 fully saturated rings. The van der Waals surface area contributed by atoms with Crippen molar-refractivity contribution in [1.29, 1.82) is 0 Å². The first-order valence-electron chi connectivity index (χ1n) is 10.7. The third-order valence-electron chi connectivity index (χ3n) is 6.26. The van der Waals surface area contributed by atoms with E-state index in [2.05, 4.69) is 45.9 Å². The van der Waals surface area contributed by atoms with E-state index < -0.39 is 0 Å². The van der Waals surface area contributed by atoms with Gasteiger partial charge in [-0.2, -0.15) is 0 Å². The van der Waals surface area contributed by atoms with E-state index >= 15 is 0 Å². The van der Waals surface area contributed by atoms with Gasteiger partial charge in [0.15, 0.2) is 0 Å². The van der Waals surface area contributed by atoms with Gasteiger partial charge in [0.1, 0.15) is 0 Å². The molecule has 2 heterocycles. The third-order valence-corrected chi connectivity index (χ3v) is 6.26. The van der Waals surface area contributed by atoms with Gasteiger partial charge >= 0.3 is 6.03 Å². The Morgan fingerprint density at radius 3 is 2.14 bits per heavy atom. The van der Waals surface area contributed by atoms with Gasteiger partial charge in [-0.25, -0.2) is 4.79 Å². The molecule has 0 aliphatic carbocycles. The number of urea groups is 1. The van der Waals surface area contributed by atoms with Crippen molar-refractivity contribution in [3.05, 3.63) is 71.8 Å². The smallest absolute Gasteiger partial charge is 0.315 e. The average molecular weight is 378 g/mol. The summed E-state index contributed by atoms with van der Waals surface area (Å²) in [5.41, 5.74) is 2.55. The molecule has 0 radical (unpaired) electrons. The molecule has 0 saturated carbocycles. The fourth-order valence-corrected chi connectivity index (χ4v) is 4.88. The van der Waals surface area contributed by atoms with Crippen LogP contribution in [0.1, 0.15) is 43.2 Å². The zero-order valence-corrected chi connectivity index (χ0v) is 16.5. The second-order valence-electron chi connectivity index (χ2n) is 8.19. The van der Waals surface area contributed by atoms with E-state index in [4.69, 9.17) is 0 Å². The summed E-state index contributed by atoms with van der Waals surface area (Å²) in [6, 6.07) is 22.3. The Kier molecular flexibility index (Phi) is 6.27. The normalized spacial score (nSPS) is 24.5. The first kappa shape index (κ1) is 19.0. The van der Waals surface area contributed by atoms with Crippen LogP contribution in [0.3, 0.4) is 0 Å². The Bertz CT molecular complexity index is 735. The molecule has 2 bridgehead atoms. The van der Waals surface area contributed by atoms with Gasteiger partial charge in [0.05, 0.1) is 0 Å². The van der Waals surface area contributed by atoms with E-state index in [1.54, 1.807) is 0 Å². The van der Waals surface area contributed by atoms with Crippen molar-refractivity contribution < 1.29 is 4.79 Å². The van der Waals surface area contributed by atoms with Crippen LogP contribution >= 0.6 is 0 Å². The summed E-state index contributed by atoms with van der Waals surface area (Å²) < 4.78 is 0. The minimum absolute atomic E-state index is 0.0373. The van der Waals surface area contributed by atoms with Gasteiger partial charge in [-0.1, -0.05) is 67.1 Å². The number of carbonyl (C=O) groups excluding carboxylic acids is 1. The summed E-state index contributed by atoms with van der Waals surface area (Å²) in [4.78, 5) is 15.1. The van der Waals surface area contributed by atoms with Gasteiger partial charge < -0.3 is 10.6 Å². The summed E-state index contributed by atoms with van der Waals surface area (Å²) in [5.74, 6) is 0. The number of amides is 2. The number of nitrogens with zero attached hydrogens (tertiary/aromatic N) is 1. The largest absolute Gasteiger partial charge is 0.335 e. The number of fused-ring (bicyclic) bond motifs is 2. The predicted molar refractivity (Wildman–Crippen MR) is 113 cm³/mol. The van der Waals surface area contributed by atoms with E-state index in [-0.39, 0.29) is 6.03 Å². The second-order valence-corrected chi connectivity index (χ2v) is 8.19. The van der Waals surface area contributed by atoms with Crippen LogP contribution in [0, 0.1) is 0 Å². The monoisotopic (exact) mass is 377 g/mol. The Balaban J connectivity index is 1.27. The minimum atomic E-state index is -0.0373. The molecule has 0 aromatic heterocycles. The summed E-state index contributed by atoms with van der Waals surface area (Å²) in [7, 11) is 0. The molecule has 0 spiro atoms. The summed E-state index contributed by atoms with van der Waals surface area (Å²) in [6.07, 6.45) is 7.10. The van der Waals surface area contributed by atoms with Gasteiger partial charge in [-0.3, -0.25) is 4.90 Å². The van der Waals surface area contributed by atoms with Crippen LogP contribution < -0.4 is 10.6 Å². The molecule has 2 aromatic carbocycles. The molecule has 4 heteroatoms. The molecule has 2 saturated heterocycles. The number of benzene rings is 2. The zero-order valence-electron chi connectivity index (χ0n) is 16.5. The molecule has 2 aromatic rings. The molecule has 148 valence electrons. The van der Waals surface area contributed by atoms with Crippen molar-refractivity contribution in [3.63, 3.8) is 0 Å². The molecule has 2 aliphatic heterocycles. The maximum Gasteiger partial charge on any atom is 0.315 e. The molecule has 28 heavy (non-hydrogen) atoms. The molecule has 2 amide bonds. The lowest BCUT2D eigenvalue weighted by atomic mass is 9.81. The zero-order chi connectivity index (χ0) is 19.2. The molecule has 1 unspecified atom stereocenters. The van der Waals surface area contributed by atoms with E-state index in [0.717, 1.165) is 31.4 Å². The van der Waals surface area contributed by atoms with Gasteiger partial charge in [0, 0.05) is 31.2 Å². The highest BCUT2D eigenvalue weighted by Gasteiger charge is 2.38. The summed E-state index contributed by atoms with van der Waals surface area (Å²) >= 11 is 0. The van der Waals surface area contributed by atoms with Crippen molar-refractivity contribution >= 4 is 6.03 Å². The van der Waals surface area contributed by atoms with Crippen LogP contribution in [-0.4, -0.2) is 35.6 Å². The Morgan fingerprint density at radius 1 is 0.893 bits per heavy atom. The van der Waals surface area contributed by atoms with Crippen LogP contribution in [0.15, 0.2) is 60.7 Å². The molecule has 2 N–H and O–H groups in total. The molecule has 4 nitrogen and oxygen atoms in total. The van der Waals surface area contributed by atoms with E-state index in [9.17, 15) is 4.79 Å². The van der Waals surface area contributed by atoms with Crippen molar-refractivity contribution in [2.75, 3.05) is 6.54 Å². The lowest BCUT2D eigenvalue weighted by Gasteiger charge is -2.49. The first-order chi connectivity index (χ1) is 13.8. The highest BCUT2D eigenvalue weighted by molar-refractivity contribution is 5.74. The number of piperidine rings is 2. The first-order valence-corrected chi connectivity index (χ1v) is 10.7. The highest BCUT2D eigenvalue weighted by Crippen LogP contribution is 2.34. The number of rotatable bonds is 6. The Hall–Kier alpha value is -2.33. The van der Waals surface area contributed by atoms with E-state index in [1.807, 2.05) is 30.3 Å². The van der Waals surface area contributed by atoms with Gasteiger partial charge in [0.2, 0.25) is 0 Å². The number of hydrogen-bond acceptors (Lipinski definition) is 2. The van der Waals surface area contributed by atoms with Crippen molar-refractivity contribution in [3.8, 4) is 0 Å². The Labute approximate surface area is 168 Å². The topological polar surface area (TPSA) is 44.4 Å². The third kappa shape index (κ3) is 4.93. The Morgan fingerprint density at radius 2 is 1.50 bits per heavy atom. The fourth-order valence-electron chi connectivity index (χ4n) is 4.88. The van der Waals surface area contributed by atoms with Crippen LogP contribution in [0.25, 0.3) is 0 Å². The summed E-state index contributed by atoms with van der Waals surface area (Å²) in [6.45, 7) is 1.71. The molecule has 3 atom stereocenters. The van der Waals surface area contributed by atoms with Crippen LogP contribution in [0.5, 0.6) is 0 Å². The quantitative estimate of drug-likeness (QED) is 0.796. The minimum Gasteiger partial charge on any atom is -0.335 e. The lowest BCUT2D eigenvalue weighted by Crippen LogP contribution is -2.58. The van der Waals surface area contributed by atoms with E-state index in [0.29, 0.717) is 24.7 Å². The maximum atomic E-state index is 12.4. The van der Waals surface area contributed by atoms with E-state index in [1.165, 1.54) is 24.8 Å². The van der Waals surface area contributed by atoms with Crippen molar-refractivity contribution in [2.24, 2.45) is 0 Å². The molecular weight excluding hydrogens is 346 g/mol. The lowest BCUT2D eigenvalue weighted by molar-refractivity contribution is 0.0277. The number of nitrogens with one attached hydrogen (secondary N) is 2. The molecular formula is C24H31N3O. The number of carbonyl (C=O) groups is 1. The van der Waals surface area contributed by atoms with Crippen LogP contribution in [0.4, 0.5) is 4.79 Å². The van der Waals surface area contributed by atoms with Crippen molar-refractivity contribution in [1.82, 2.24) is 15.5 Å². The molecule has 2 aliphatic rings. The SMILES string of the molecule is O=C(NCc1ccccc1)NC1C[C@H]2CCC[C@@H](C1)N2CCc1ccccc1. The number of hydrogen-bond donors (Lipinski definition) is 2. The second kappa shape index (κ2) is 9.24. The van der Waals surface area contributed by atoms with Crippen LogP contribution in [-0.2, 0) is 13.0 Å². The predicted octanol–water partition coefficient (Wildman–Crippen LogP) is 4.11. The average Bonchev–Trinajstić information content (AvgIpc) is 2.72.